The minimum atomic E-state index is -0.612. The largest absolute Gasteiger partial charge is 0.463 e. The number of rotatable bonds is 6. The normalized spacial score (nSPS) is 16.2. The van der Waals surface area contributed by atoms with Gasteiger partial charge in [0, 0.05) is 0 Å². The molecular formula is C17H18N6O5. The lowest BCUT2D eigenvalue weighted by Gasteiger charge is -2.26. The average molecular weight is 386 g/mol. The molecule has 146 valence electrons. The molecule has 1 aromatic carbocycles. The Morgan fingerprint density at radius 1 is 1.18 bits per heavy atom. The van der Waals surface area contributed by atoms with Crippen LogP contribution < -0.4 is 10.6 Å². The fourth-order valence-electron chi connectivity index (χ4n) is 2.64. The molecular weight excluding hydrogens is 368 g/mol. The van der Waals surface area contributed by atoms with Gasteiger partial charge in [0.25, 0.3) is 0 Å². The number of urea groups is 1. The second-order valence-electron chi connectivity index (χ2n) is 5.81. The van der Waals surface area contributed by atoms with Crippen molar-refractivity contribution in [3.8, 4) is 5.69 Å². The highest BCUT2D eigenvalue weighted by atomic mass is 16.5. The minimum absolute atomic E-state index is 0.184. The Morgan fingerprint density at radius 2 is 1.93 bits per heavy atom. The van der Waals surface area contributed by atoms with Crippen molar-refractivity contribution in [2.45, 2.75) is 19.9 Å². The van der Waals surface area contributed by atoms with Crippen LogP contribution in [0.1, 0.15) is 24.2 Å². The monoisotopic (exact) mass is 386 g/mol. The molecule has 11 nitrogen and oxygen atoms in total. The van der Waals surface area contributed by atoms with Gasteiger partial charge in [-0.1, -0.05) is 0 Å². The Labute approximate surface area is 159 Å². The first kappa shape index (κ1) is 19.0. The maximum absolute atomic E-state index is 12.3. The third-order valence-corrected chi connectivity index (χ3v) is 3.93. The van der Waals surface area contributed by atoms with E-state index in [4.69, 9.17) is 9.47 Å². The molecule has 2 heterocycles. The zero-order chi connectivity index (χ0) is 20.1. The Balaban J connectivity index is 1.71. The zero-order valence-electron chi connectivity index (χ0n) is 15.2. The Bertz CT molecular complexity index is 907. The number of carbonyl (C=O) groups is 3. The molecule has 2 amide bonds. The van der Waals surface area contributed by atoms with Gasteiger partial charge in [0.05, 0.1) is 35.2 Å². The first-order valence-electron chi connectivity index (χ1n) is 8.47. The van der Waals surface area contributed by atoms with E-state index in [2.05, 4.69) is 26.2 Å². The number of tetrazole rings is 1. The van der Waals surface area contributed by atoms with E-state index in [0.29, 0.717) is 11.3 Å². The number of amides is 2. The second-order valence-corrected chi connectivity index (χ2v) is 5.81. The molecule has 1 unspecified atom stereocenters. The molecule has 0 saturated heterocycles. The summed E-state index contributed by atoms with van der Waals surface area (Å²) >= 11 is 0. The Morgan fingerprint density at radius 3 is 2.57 bits per heavy atom. The Hall–Kier alpha value is -3.76. The van der Waals surface area contributed by atoms with E-state index < -0.39 is 24.0 Å². The summed E-state index contributed by atoms with van der Waals surface area (Å²) in [6.07, 6.45) is 1.43. The van der Waals surface area contributed by atoms with Crippen LogP contribution in [0.15, 0.2) is 41.9 Å². The van der Waals surface area contributed by atoms with Gasteiger partial charge in [0.2, 0.25) is 0 Å². The van der Waals surface area contributed by atoms with Gasteiger partial charge in [-0.05, 0) is 48.5 Å². The summed E-state index contributed by atoms with van der Waals surface area (Å²) in [7, 11) is 0. The molecule has 0 radical (unpaired) electrons. The first-order chi connectivity index (χ1) is 13.5. The van der Waals surface area contributed by atoms with E-state index in [-0.39, 0.29) is 24.5 Å². The fourth-order valence-corrected chi connectivity index (χ4v) is 2.64. The third kappa shape index (κ3) is 4.14. The van der Waals surface area contributed by atoms with Crippen LogP contribution in [0.3, 0.4) is 0 Å². The lowest BCUT2D eigenvalue weighted by molar-refractivity contribution is -0.139. The molecule has 1 aliphatic heterocycles. The van der Waals surface area contributed by atoms with E-state index in [1.54, 1.807) is 38.1 Å². The summed E-state index contributed by atoms with van der Waals surface area (Å²) in [5, 5.41) is 15.9. The number of hydrogen-bond acceptors (Lipinski definition) is 8. The van der Waals surface area contributed by atoms with Gasteiger partial charge < -0.3 is 20.1 Å². The van der Waals surface area contributed by atoms with Crippen molar-refractivity contribution in [3.63, 3.8) is 0 Å². The Kier molecular flexibility index (Phi) is 5.63. The maximum Gasteiger partial charge on any atom is 0.338 e. The third-order valence-electron chi connectivity index (χ3n) is 3.93. The van der Waals surface area contributed by atoms with E-state index in [1.165, 1.54) is 11.0 Å². The number of carbonyl (C=O) groups excluding carboxylic acids is 3. The summed E-state index contributed by atoms with van der Waals surface area (Å²) in [5.41, 5.74) is 1.37. The quantitative estimate of drug-likeness (QED) is 0.678. The average Bonchev–Trinajstić information content (AvgIpc) is 3.20. The molecule has 0 fully saturated rings. The SMILES string of the molecule is CCOC(=O)C1=C(COC(=O)c2ccc(-n3cnnn3)cc2)NC(=O)NC1C. The van der Waals surface area contributed by atoms with Gasteiger partial charge in [-0.25, -0.2) is 19.1 Å². The predicted molar refractivity (Wildman–Crippen MR) is 94.2 cm³/mol. The van der Waals surface area contributed by atoms with Crippen LogP contribution in [0.4, 0.5) is 4.79 Å². The highest BCUT2D eigenvalue weighted by Gasteiger charge is 2.30. The number of aromatic nitrogens is 4. The van der Waals surface area contributed by atoms with Crippen molar-refractivity contribution in [2.24, 2.45) is 0 Å². The highest BCUT2D eigenvalue weighted by molar-refractivity contribution is 5.95. The summed E-state index contributed by atoms with van der Waals surface area (Å²) < 4.78 is 11.7. The van der Waals surface area contributed by atoms with Gasteiger partial charge in [-0.2, -0.15) is 0 Å². The summed E-state index contributed by atoms with van der Waals surface area (Å²) in [4.78, 5) is 36.2. The van der Waals surface area contributed by atoms with Crippen LogP contribution >= 0.6 is 0 Å². The maximum atomic E-state index is 12.3. The zero-order valence-corrected chi connectivity index (χ0v) is 15.2. The minimum Gasteiger partial charge on any atom is -0.463 e. The number of nitrogens with zero attached hydrogens (tertiary/aromatic N) is 4. The van der Waals surface area contributed by atoms with Crippen molar-refractivity contribution in [1.82, 2.24) is 30.8 Å². The van der Waals surface area contributed by atoms with Crippen LogP contribution in [-0.4, -0.2) is 57.4 Å². The molecule has 0 spiro atoms. The molecule has 0 saturated carbocycles. The van der Waals surface area contributed by atoms with Gasteiger partial charge in [-0.15, -0.1) is 5.10 Å². The molecule has 2 aromatic rings. The number of hydrogen-bond donors (Lipinski definition) is 2. The van der Waals surface area contributed by atoms with Crippen LogP contribution in [0.2, 0.25) is 0 Å². The molecule has 11 heteroatoms. The van der Waals surface area contributed by atoms with Crippen LogP contribution in [0.5, 0.6) is 0 Å². The summed E-state index contributed by atoms with van der Waals surface area (Å²) in [5.74, 6) is -1.20. The lowest BCUT2D eigenvalue weighted by atomic mass is 10.0. The fraction of sp³-hybridized carbons (Fsp3) is 0.294. The van der Waals surface area contributed by atoms with Crippen LogP contribution in [-0.2, 0) is 14.3 Å². The van der Waals surface area contributed by atoms with Gasteiger partial charge in [-0.3, -0.25) is 0 Å². The van der Waals surface area contributed by atoms with Crippen molar-refractivity contribution in [3.05, 3.63) is 47.4 Å². The molecule has 1 atom stereocenters. The van der Waals surface area contributed by atoms with E-state index in [1.807, 2.05) is 0 Å². The van der Waals surface area contributed by atoms with E-state index >= 15 is 0 Å². The number of esters is 2. The molecule has 0 bridgehead atoms. The van der Waals surface area contributed by atoms with Crippen LogP contribution in [0.25, 0.3) is 5.69 Å². The standard InChI is InChI=1S/C17H18N6O5/c1-3-27-16(25)14-10(2)19-17(26)20-13(14)8-28-15(24)11-4-6-12(7-5-11)23-9-18-21-22-23/h4-7,9-10H,3,8H2,1-2H3,(H2,19,20,26). The molecule has 3 rings (SSSR count). The topological polar surface area (TPSA) is 137 Å². The number of nitrogens with one attached hydrogen (secondary N) is 2. The summed E-state index contributed by atoms with van der Waals surface area (Å²) in [6.45, 7) is 3.23. The van der Waals surface area contributed by atoms with Gasteiger partial charge in [0.1, 0.15) is 12.9 Å². The molecule has 0 aliphatic carbocycles. The van der Waals surface area contributed by atoms with E-state index in [0.717, 1.165) is 0 Å². The van der Waals surface area contributed by atoms with Crippen LogP contribution in [0, 0.1) is 0 Å². The van der Waals surface area contributed by atoms with Gasteiger partial charge in [0.15, 0.2) is 0 Å². The van der Waals surface area contributed by atoms with Crippen molar-refractivity contribution in [2.75, 3.05) is 13.2 Å². The van der Waals surface area contributed by atoms with Crippen molar-refractivity contribution < 1.29 is 23.9 Å². The summed E-state index contributed by atoms with van der Waals surface area (Å²) in [6, 6.07) is 5.37. The first-order valence-corrected chi connectivity index (χ1v) is 8.47. The van der Waals surface area contributed by atoms with Crippen molar-refractivity contribution in [1.29, 1.82) is 0 Å². The number of ether oxygens (including phenoxy) is 2. The lowest BCUT2D eigenvalue weighted by Crippen LogP contribution is -2.50. The second kappa shape index (κ2) is 8.29. The van der Waals surface area contributed by atoms with Gasteiger partial charge >= 0.3 is 18.0 Å². The van der Waals surface area contributed by atoms with Crippen molar-refractivity contribution >= 4 is 18.0 Å². The molecule has 1 aromatic heterocycles. The molecule has 2 N–H and O–H groups in total. The molecule has 28 heavy (non-hydrogen) atoms. The highest BCUT2D eigenvalue weighted by Crippen LogP contribution is 2.16. The smallest absolute Gasteiger partial charge is 0.338 e. The number of benzene rings is 1. The van der Waals surface area contributed by atoms with E-state index in [9.17, 15) is 14.4 Å². The predicted octanol–water partition coefficient (Wildman–Crippen LogP) is 0.338. The molecule has 1 aliphatic rings.